The molecule has 7 heteroatoms. The van der Waals surface area contributed by atoms with Crippen LogP contribution in [-0.2, 0) is 10.0 Å². The van der Waals surface area contributed by atoms with E-state index >= 15 is 0 Å². The molecular formula is C20H23N3O3S. The Morgan fingerprint density at radius 2 is 1.93 bits per heavy atom. The lowest BCUT2D eigenvalue weighted by Gasteiger charge is -2.22. The number of benzene rings is 2. The SMILES string of the molecule is CCN(CC(C)C#N)C(=O)c1cccc(S(=O)(=O)Nc2cccc(C)c2)c1. The number of rotatable bonds is 7. The Kier molecular flexibility index (Phi) is 6.59. The summed E-state index contributed by atoms with van der Waals surface area (Å²) in [4.78, 5) is 14.3. The van der Waals surface area contributed by atoms with Gasteiger partial charge in [-0.2, -0.15) is 5.26 Å². The van der Waals surface area contributed by atoms with E-state index in [0.29, 0.717) is 18.8 Å². The fourth-order valence-electron chi connectivity index (χ4n) is 2.63. The van der Waals surface area contributed by atoms with Crippen molar-refractivity contribution in [1.82, 2.24) is 4.90 Å². The first-order chi connectivity index (χ1) is 12.8. The first-order valence-electron chi connectivity index (χ1n) is 8.65. The summed E-state index contributed by atoms with van der Waals surface area (Å²) in [6.07, 6.45) is 0. The predicted octanol–water partition coefficient (Wildman–Crippen LogP) is 3.42. The second-order valence-electron chi connectivity index (χ2n) is 6.38. The summed E-state index contributed by atoms with van der Waals surface area (Å²) in [7, 11) is -3.82. The molecule has 6 nitrogen and oxygen atoms in total. The van der Waals surface area contributed by atoms with E-state index in [2.05, 4.69) is 10.8 Å². The topological polar surface area (TPSA) is 90.3 Å². The number of amides is 1. The Labute approximate surface area is 160 Å². The lowest BCUT2D eigenvalue weighted by molar-refractivity contribution is 0.0752. The fourth-order valence-corrected chi connectivity index (χ4v) is 3.72. The Hall–Kier alpha value is -2.85. The van der Waals surface area contributed by atoms with Gasteiger partial charge in [-0.1, -0.05) is 18.2 Å². The molecule has 0 aliphatic carbocycles. The Bertz CT molecular complexity index is 964. The molecule has 0 saturated carbocycles. The largest absolute Gasteiger partial charge is 0.338 e. The van der Waals surface area contributed by atoms with Crippen molar-refractivity contribution in [3.05, 3.63) is 59.7 Å². The highest BCUT2D eigenvalue weighted by Gasteiger charge is 2.20. The summed E-state index contributed by atoms with van der Waals surface area (Å²) in [5, 5.41) is 8.97. The van der Waals surface area contributed by atoms with E-state index in [-0.39, 0.29) is 22.3 Å². The molecule has 0 saturated heterocycles. The van der Waals surface area contributed by atoms with Gasteiger partial charge < -0.3 is 4.90 Å². The highest BCUT2D eigenvalue weighted by Crippen LogP contribution is 2.19. The van der Waals surface area contributed by atoms with Crippen LogP contribution in [-0.4, -0.2) is 32.3 Å². The van der Waals surface area contributed by atoms with Gasteiger partial charge in [0.25, 0.3) is 15.9 Å². The van der Waals surface area contributed by atoms with Crippen LogP contribution in [0.2, 0.25) is 0 Å². The quantitative estimate of drug-likeness (QED) is 0.791. The molecule has 1 atom stereocenters. The van der Waals surface area contributed by atoms with Crippen LogP contribution in [0.1, 0.15) is 29.8 Å². The van der Waals surface area contributed by atoms with E-state index in [1.807, 2.05) is 19.9 Å². The number of anilines is 1. The summed E-state index contributed by atoms with van der Waals surface area (Å²) in [6, 6.07) is 15.1. The van der Waals surface area contributed by atoms with Gasteiger partial charge in [-0.3, -0.25) is 9.52 Å². The molecule has 1 amide bonds. The maximum absolute atomic E-state index is 12.7. The minimum atomic E-state index is -3.82. The van der Waals surface area contributed by atoms with Gasteiger partial charge in [0, 0.05) is 24.3 Å². The van der Waals surface area contributed by atoms with Crippen molar-refractivity contribution in [3.63, 3.8) is 0 Å². The normalized spacial score (nSPS) is 12.1. The van der Waals surface area contributed by atoms with Crippen LogP contribution in [0.15, 0.2) is 53.4 Å². The van der Waals surface area contributed by atoms with Crippen molar-refractivity contribution in [2.24, 2.45) is 5.92 Å². The lowest BCUT2D eigenvalue weighted by Crippen LogP contribution is -2.34. The number of carbonyl (C=O) groups excluding carboxylic acids is 1. The van der Waals surface area contributed by atoms with Gasteiger partial charge in [-0.05, 0) is 56.7 Å². The van der Waals surface area contributed by atoms with Crippen molar-refractivity contribution < 1.29 is 13.2 Å². The third-order valence-electron chi connectivity index (χ3n) is 4.05. The Morgan fingerprint density at radius 3 is 2.56 bits per heavy atom. The van der Waals surface area contributed by atoms with Gasteiger partial charge in [0.2, 0.25) is 0 Å². The summed E-state index contributed by atoms with van der Waals surface area (Å²) >= 11 is 0. The van der Waals surface area contributed by atoms with Crippen molar-refractivity contribution in [1.29, 1.82) is 5.26 Å². The zero-order chi connectivity index (χ0) is 20.0. The molecule has 0 fully saturated rings. The van der Waals surface area contributed by atoms with E-state index in [0.717, 1.165) is 5.56 Å². The molecule has 0 aliphatic heterocycles. The molecule has 0 bridgehead atoms. The third kappa shape index (κ3) is 5.31. The predicted molar refractivity (Wildman–Crippen MR) is 105 cm³/mol. The van der Waals surface area contributed by atoms with E-state index in [9.17, 15) is 13.2 Å². The van der Waals surface area contributed by atoms with E-state index < -0.39 is 10.0 Å². The summed E-state index contributed by atoms with van der Waals surface area (Å²) < 4.78 is 27.9. The minimum Gasteiger partial charge on any atom is -0.338 e. The number of hydrogen-bond acceptors (Lipinski definition) is 4. The second kappa shape index (κ2) is 8.69. The third-order valence-corrected chi connectivity index (χ3v) is 5.42. The second-order valence-corrected chi connectivity index (χ2v) is 8.06. The molecule has 27 heavy (non-hydrogen) atoms. The van der Waals surface area contributed by atoms with Crippen LogP contribution in [0, 0.1) is 24.2 Å². The highest BCUT2D eigenvalue weighted by atomic mass is 32.2. The van der Waals surface area contributed by atoms with Crippen LogP contribution in [0.5, 0.6) is 0 Å². The first-order valence-corrected chi connectivity index (χ1v) is 10.1. The van der Waals surface area contributed by atoms with Gasteiger partial charge in [0.05, 0.1) is 16.9 Å². The van der Waals surface area contributed by atoms with Crippen molar-refractivity contribution >= 4 is 21.6 Å². The molecule has 1 unspecified atom stereocenters. The molecule has 142 valence electrons. The standard InChI is InChI=1S/C20H23N3O3S/c1-4-23(14-16(3)13-21)20(24)17-8-6-10-19(12-17)27(25,26)22-18-9-5-7-15(2)11-18/h5-12,16,22H,4,14H2,1-3H3. The number of nitrogens with zero attached hydrogens (tertiary/aromatic N) is 2. The molecule has 1 N–H and O–H groups in total. The summed E-state index contributed by atoms with van der Waals surface area (Å²) in [6.45, 7) is 6.16. The van der Waals surface area contributed by atoms with Crippen molar-refractivity contribution in [2.45, 2.75) is 25.7 Å². The zero-order valence-electron chi connectivity index (χ0n) is 15.6. The molecule has 2 aromatic rings. The van der Waals surface area contributed by atoms with Gasteiger partial charge >= 0.3 is 0 Å². The molecule has 0 aromatic heterocycles. The number of sulfonamides is 1. The zero-order valence-corrected chi connectivity index (χ0v) is 16.5. The molecule has 0 radical (unpaired) electrons. The van der Waals surface area contributed by atoms with Crippen LogP contribution in [0.4, 0.5) is 5.69 Å². The lowest BCUT2D eigenvalue weighted by atomic mass is 10.1. The number of carbonyl (C=O) groups is 1. The van der Waals surface area contributed by atoms with Crippen LogP contribution >= 0.6 is 0 Å². The minimum absolute atomic E-state index is 0.0132. The van der Waals surface area contributed by atoms with Gasteiger partial charge in [0.15, 0.2) is 0 Å². The summed E-state index contributed by atoms with van der Waals surface area (Å²) in [5.74, 6) is -0.601. The van der Waals surface area contributed by atoms with Gasteiger partial charge in [0.1, 0.15) is 0 Å². The number of hydrogen-bond donors (Lipinski definition) is 1. The van der Waals surface area contributed by atoms with E-state index in [1.165, 1.54) is 17.0 Å². The average Bonchev–Trinajstić information content (AvgIpc) is 2.65. The molecule has 0 aliphatic rings. The van der Waals surface area contributed by atoms with E-state index in [1.54, 1.807) is 37.3 Å². The monoisotopic (exact) mass is 385 g/mol. The fraction of sp³-hybridized carbons (Fsp3) is 0.300. The van der Waals surface area contributed by atoms with Crippen LogP contribution < -0.4 is 4.72 Å². The van der Waals surface area contributed by atoms with E-state index in [4.69, 9.17) is 5.26 Å². The molecule has 0 heterocycles. The van der Waals surface area contributed by atoms with Gasteiger partial charge in [-0.25, -0.2) is 8.42 Å². The van der Waals surface area contributed by atoms with Crippen molar-refractivity contribution in [3.8, 4) is 6.07 Å². The number of nitrogens with one attached hydrogen (secondary N) is 1. The first kappa shape index (κ1) is 20.5. The smallest absolute Gasteiger partial charge is 0.261 e. The van der Waals surface area contributed by atoms with Crippen LogP contribution in [0.25, 0.3) is 0 Å². The molecule has 0 spiro atoms. The number of aryl methyl sites for hydroxylation is 1. The summed E-state index contributed by atoms with van der Waals surface area (Å²) in [5.41, 5.74) is 1.67. The molecular weight excluding hydrogens is 362 g/mol. The molecule has 2 aromatic carbocycles. The number of nitriles is 1. The average molecular weight is 385 g/mol. The Balaban J connectivity index is 2.28. The Morgan fingerprint density at radius 1 is 1.22 bits per heavy atom. The molecule has 2 rings (SSSR count). The van der Waals surface area contributed by atoms with Crippen molar-refractivity contribution in [2.75, 3.05) is 17.8 Å². The maximum Gasteiger partial charge on any atom is 0.261 e. The maximum atomic E-state index is 12.7. The van der Waals surface area contributed by atoms with Crippen LogP contribution in [0.3, 0.4) is 0 Å². The highest BCUT2D eigenvalue weighted by molar-refractivity contribution is 7.92. The van der Waals surface area contributed by atoms with Gasteiger partial charge in [-0.15, -0.1) is 0 Å².